The van der Waals surface area contributed by atoms with Crippen LogP contribution < -0.4 is 4.74 Å². The second-order valence-corrected chi connectivity index (χ2v) is 5.25. The van der Waals surface area contributed by atoms with E-state index in [1.54, 1.807) is 0 Å². The molecule has 5 nitrogen and oxygen atoms in total. The van der Waals surface area contributed by atoms with E-state index < -0.39 is 5.97 Å². The van der Waals surface area contributed by atoms with Crippen LogP contribution in [0.15, 0.2) is 24.3 Å². The Balaban J connectivity index is 1.78. The highest BCUT2D eigenvalue weighted by Crippen LogP contribution is 2.16. The number of hydrogen-bond acceptors (Lipinski definition) is 4. The van der Waals surface area contributed by atoms with Crippen molar-refractivity contribution in [3.8, 4) is 5.75 Å². The van der Waals surface area contributed by atoms with Crippen molar-refractivity contribution in [2.45, 2.75) is 13.0 Å². The molecule has 1 aliphatic rings. The number of hydrogen-bond donors (Lipinski definition) is 1. The summed E-state index contributed by atoms with van der Waals surface area (Å²) in [5.74, 6) is 0.258. The fourth-order valence-electron chi connectivity index (χ4n) is 2.38. The summed E-state index contributed by atoms with van der Waals surface area (Å²) in [7, 11) is 2.10. The van der Waals surface area contributed by atoms with Crippen LogP contribution in [0.2, 0.25) is 0 Å². The standard InChI is InChI=1S/C15H21NO4/c1-16(9-13-6-7-19-10-13)8-12-2-4-14(5-3-12)20-11-15(17)18/h2-5,13H,6-11H2,1H3,(H,17,18). The van der Waals surface area contributed by atoms with E-state index in [0.29, 0.717) is 11.7 Å². The lowest BCUT2D eigenvalue weighted by Gasteiger charge is -2.20. The third kappa shape index (κ3) is 4.83. The molecule has 1 heterocycles. The molecule has 20 heavy (non-hydrogen) atoms. The first-order valence-electron chi connectivity index (χ1n) is 6.83. The summed E-state index contributed by atoms with van der Waals surface area (Å²) in [5.41, 5.74) is 1.19. The van der Waals surface area contributed by atoms with Crippen LogP contribution in [0.3, 0.4) is 0 Å². The van der Waals surface area contributed by atoms with Gasteiger partial charge in [-0.2, -0.15) is 0 Å². The van der Waals surface area contributed by atoms with Gasteiger partial charge in [-0.05, 0) is 37.1 Å². The van der Waals surface area contributed by atoms with E-state index in [1.807, 2.05) is 24.3 Å². The largest absolute Gasteiger partial charge is 0.482 e. The Bertz CT molecular complexity index is 426. The van der Waals surface area contributed by atoms with Gasteiger partial charge in [0, 0.05) is 19.7 Å². The van der Waals surface area contributed by atoms with E-state index in [4.69, 9.17) is 14.6 Å². The van der Waals surface area contributed by atoms with Crippen molar-refractivity contribution in [1.82, 2.24) is 4.90 Å². The van der Waals surface area contributed by atoms with E-state index >= 15 is 0 Å². The Morgan fingerprint density at radius 2 is 2.20 bits per heavy atom. The van der Waals surface area contributed by atoms with Crippen LogP contribution in [0.4, 0.5) is 0 Å². The van der Waals surface area contributed by atoms with Crippen LogP contribution in [-0.2, 0) is 16.1 Å². The van der Waals surface area contributed by atoms with Crippen molar-refractivity contribution in [3.05, 3.63) is 29.8 Å². The number of nitrogens with zero attached hydrogens (tertiary/aromatic N) is 1. The zero-order valence-corrected chi connectivity index (χ0v) is 11.7. The van der Waals surface area contributed by atoms with Gasteiger partial charge in [-0.15, -0.1) is 0 Å². The van der Waals surface area contributed by atoms with Crippen molar-refractivity contribution in [1.29, 1.82) is 0 Å². The molecule has 0 radical (unpaired) electrons. The minimum absolute atomic E-state index is 0.305. The number of carboxylic acid groups (broad SMARTS) is 1. The summed E-state index contributed by atoms with van der Waals surface area (Å²) < 4.78 is 10.5. The van der Waals surface area contributed by atoms with E-state index in [0.717, 1.165) is 32.7 Å². The molecule has 1 aliphatic heterocycles. The van der Waals surface area contributed by atoms with Gasteiger partial charge in [0.1, 0.15) is 5.75 Å². The second kappa shape index (κ2) is 7.26. The van der Waals surface area contributed by atoms with Crippen molar-refractivity contribution >= 4 is 5.97 Å². The molecule has 1 aromatic carbocycles. The minimum atomic E-state index is -0.965. The Kier molecular flexibility index (Phi) is 5.38. The first-order valence-corrected chi connectivity index (χ1v) is 6.83. The molecule has 1 atom stereocenters. The van der Waals surface area contributed by atoms with Crippen molar-refractivity contribution in [2.75, 3.05) is 33.4 Å². The van der Waals surface area contributed by atoms with Crippen LogP contribution in [-0.4, -0.2) is 49.4 Å². The van der Waals surface area contributed by atoms with Crippen LogP contribution in [0, 0.1) is 5.92 Å². The molecular formula is C15H21NO4. The molecule has 110 valence electrons. The predicted octanol–water partition coefficient (Wildman–Crippen LogP) is 1.62. The molecule has 1 aromatic rings. The lowest BCUT2D eigenvalue weighted by Crippen LogP contribution is -2.25. The third-order valence-electron chi connectivity index (χ3n) is 3.33. The predicted molar refractivity (Wildman–Crippen MR) is 74.8 cm³/mol. The molecule has 0 aromatic heterocycles. The summed E-state index contributed by atoms with van der Waals surface area (Å²) >= 11 is 0. The quantitative estimate of drug-likeness (QED) is 0.822. The van der Waals surface area contributed by atoms with E-state index in [1.165, 1.54) is 5.56 Å². The maximum atomic E-state index is 10.4. The van der Waals surface area contributed by atoms with Gasteiger partial charge < -0.3 is 19.5 Å². The highest BCUT2D eigenvalue weighted by Gasteiger charge is 2.17. The lowest BCUT2D eigenvalue weighted by atomic mass is 10.1. The van der Waals surface area contributed by atoms with Gasteiger partial charge in [-0.25, -0.2) is 4.79 Å². The van der Waals surface area contributed by atoms with Crippen LogP contribution in [0.1, 0.15) is 12.0 Å². The first-order chi connectivity index (χ1) is 9.63. The molecular weight excluding hydrogens is 258 g/mol. The van der Waals surface area contributed by atoms with E-state index in [-0.39, 0.29) is 6.61 Å². The Hall–Kier alpha value is -1.59. The van der Waals surface area contributed by atoms with E-state index in [2.05, 4.69) is 11.9 Å². The lowest BCUT2D eigenvalue weighted by molar-refractivity contribution is -0.139. The average molecular weight is 279 g/mol. The van der Waals surface area contributed by atoms with Crippen molar-refractivity contribution < 1.29 is 19.4 Å². The molecule has 5 heteroatoms. The number of ether oxygens (including phenoxy) is 2. The molecule has 1 N–H and O–H groups in total. The number of carbonyl (C=O) groups is 1. The van der Waals surface area contributed by atoms with Gasteiger partial charge in [-0.1, -0.05) is 12.1 Å². The Morgan fingerprint density at radius 3 is 2.80 bits per heavy atom. The molecule has 1 unspecified atom stereocenters. The smallest absolute Gasteiger partial charge is 0.341 e. The summed E-state index contributed by atoms with van der Waals surface area (Å²) in [6, 6.07) is 7.56. The Morgan fingerprint density at radius 1 is 1.45 bits per heavy atom. The summed E-state index contributed by atoms with van der Waals surface area (Å²) in [4.78, 5) is 12.7. The van der Waals surface area contributed by atoms with Gasteiger partial charge in [0.2, 0.25) is 0 Å². The number of carboxylic acids is 1. The van der Waals surface area contributed by atoms with Gasteiger partial charge >= 0.3 is 5.97 Å². The second-order valence-electron chi connectivity index (χ2n) is 5.25. The van der Waals surface area contributed by atoms with Gasteiger partial charge in [0.05, 0.1) is 6.61 Å². The molecule has 2 rings (SSSR count). The number of benzene rings is 1. The fourth-order valence-corrected chi connectivity index (χ4v) is 2.38. The molecule has 0 spiro atoms. The minimum Gasteiger partial charge on any atom is -0.482 e. The SMILES string of the molecule is CN(Cc1ccc(OCC(=O)O)cc1)CC1CCOC1. The first kappa shape index (κ1) is 14.8. The zero-order chi connectivity index (χ0) is 14.4. The molecule has 0 aliphatic carbocycles. The highest BCUT2D eigenvalue weighted by molar-refractivity contribution is 5.68. The summed E-state index contributed by atoms with van der Waals surface area (Å²) in [6.07, 6.45) is 1.15. The van der Waals surface area contributed by atoms with E-state index in [9.17, 15) is 4.79 Å². The molecule has 0 saturated carbocycles. The van der Waals surface area contributed by atoms with Gasteiger partial charge in [-0.3, -0.25) is 0 Å². The van der Waals surface area contributed by atoms with Crippen molar-refractivity contribution in [2.24, 2.45) is 5.92 Å². The molecule has 1 fully saturated rings. The topological polar surface area (TPSA) is 59.0 Å². The molecule has 0 bridgehead atoms. The monoisotopic (exact) mass is 279 g/mol. The average Bonchev–Trinajstić information content (AvgIpc) is 2.90. The third-order valence-corrected chi connectivity index (χ3v) is 3.33. The zero-order valence-electron chi connectivity index (χ0n) is 11.7. The molecule has 1 saturated heterocycles. The normalized spacial score (nSPS) is 18.4. The number of aliphatic carboxylic acids is 1. The van der Waals surface area contributed by atoms with Crippen LogP contribution >= 0.6 is 0 Å². The maximum absolute atomic E-state index is 10.4. The van der Waals surface area contributed by atoms with Crippen LogP contribution in [0.5, 0.6) is 5.75 Å². The van der Waals surface area contributed by atoms with Crippen LogP contribution in [0.25, 0.3) is 0 Å². The Labute approximate surface area is 119 Å². The number of rotatable bonds is 7. The molecule has 0 amide bonds. The summed E-state index contributed by atoms with van der Waals surface area (Å²) in [5, 5.41) is 8.54. The summed E-state index contributed by atoms with van der Waals surface area (Å²) in [6.45, 7) is 3.36. The van der Waals surface area contributed by atoms with Crippen molar-refractivity contribution in [3.63, 3.8) is 0 Å². The fraction of sp³-hybridized carbons (Fsp3) is 0.533. The van der Waals surface area contributed by atoms with Gasteiger partial charge in [0.25, 0.3) is 0 Å². The highest BCUT2D eigenvalue weighted by atomic mass is 16.5. The maximum Gasteiger partial charge on any atom is 0.341 e. The van der Waals surface area contributed by atoms with Gasteiger partial charge in [0.15, 0.2) is 6.61 Å².